The molecule has 1 amide bonds. The van der Waals surface area contributed by atoms with Gasteiger partial charge in [0, 0.05) is 12.7 Å². The van der Waals surface area contributed by atoms with E-state index in [-0.39, 0.29) is 5.75 Å². The number of thiol groups is 1. The summed E-state index contributed by atoms with van der Waals surface area (Å²) in [6.45, 7) is 0.701. The van der Waals surface area contributed by atoms with E-state index >= 15 is 0 Å². The van der Waals surface area contributed by atoms with Crippen molar-refractivity contribution < 1.29 is 24.2 Å². The number of carboxylic acids is 1. The fourth-order valence-corrected chi connectivity index (χ4v) is 0.916. The topological polar surface area (TPSA) is 119 Å². The van der Waals surface area contributed by atoms with Crippen LogP contribution in [0.1, 0.15) is 6.92 Å². The van der Waals surface area contributed by atoms with Crippen LogP contribution in [-0.2, 0) is 19.1 Å². The third-order valence-electron chi connectivity index (χ3n) is 1.57. The number of carbonyl (C=O) groups excluding carboxylic acids is 2. The normalized spacial score (nSPS) is 13.7. The molecule has 7 nitrogen and oxygen atoms in total. The quantitative estimate of drug-likeness (QED) is 0.332. The molecule has 0 rings (SSSR count). The van der Waals surface area contributed by atoms with Gasteiger partial charge in [-0.15, -0.1) is 0 Å². The van der Waals surface area contributed by atoms with Crippen molar-refractivity contribution >= 4 is 30.5 Å². The summed E-state index contributed by atoms with van der Waals surface area (Å²) in [5, 5.41) is 10.8. The second-order valence-corrected chi connectivity index (χ2v) is 3.38. The molecule has 0 aliphatic rings. The lowest BCUT2D eigenvalue weighted by atomic mass is 10.3. The SMILES string of the molecule is CC(=O)N[C@@H](COC(=O)[C@@H](N)CS)C(=O)O. The van der Waals surface area contributed by atoms with Crippen molar-refractivity contribution in [3.05, 3.63) is 0 Å². The molecule has 92 valence electrons. The number of carbonyl (C=O) groups is 3. The van der Waals surface area contributed by atoms with E-state index in [2.05, 4.69) is 22.7 Å². The zero-order chi connectivity index (χ0) is 12.7. The van der Waals surface area contributed by atoms with Crippen LogP contribution in [0, 0.1) is 0 Å². The number of amides is 1. The first kappa shape index (κ1) is 14.7. The highest BCUT2D eigenvalue weighted by atomic mass is 32.1. The van der Waals surface area contributed by atoms with Crippen molar-refractivity contribution in [1.82, 2.24) is 5.32 Å². The van der Waals surface area contributed by atoms with Crippen LogP contribution >= 0.6 is 12.6 Å². The summed E-state index contributed by atoms with van der Waals surface area (Å²) in [7, 11) is 0. The van der Waals surface area contributed by atoms with E-state index in [0.29, 0.717) is 0 Å². The van der Waals surface area contributed by atoms with Crippen LogP contribution in [0.25, 0.3) is 0 Å². The predicted octanol–water partition coefficient (Wildman–Crippen LogP) is -1.62. The summed E-state index contributed by atoms with van der Waals surface area (Å²) in [5.41, 5.74) is 5.29. The molecule has 0 radical (unpaired) electrons. The lowest BCUT2D eigenvalue weighted by Crippen LogP contribution is -2.45. The van der Waals surface area contributed by atoms with Gasteiger partial charge < -0.3 is 20.9 Å². The van der Waals surface area contributed by atoms with Crippen LogP contribution < -0.4 is 11.1 Å². The first-order chi connectivity index (χ1) is 7.38. The molecular weight excluding hydrogens is 236 g/mol. The van der Waals surface area contributed by atoms with Gasteiger partial charge in [-0.05, 0) is 0 Å². The summed E-state index contributed by atoms with van der Waals surface area (Å²) in [6, 6.07) is -2.18. The second kappa shape index (κ2) is 7.07. The molecule has 0 saturated heterocycles. The maximum Gasteiger partial charge on any atom is 0.329 e. The molecule has 0 aromatic heterocycles. The van der Waals surface area contributed by atoms with E-state index in [1.807, 2.05) is 0 Å². The molecule has 8 heteroatoms. The summed E-state index contributed by atoms with van der Waals surface area (Å²) >= 11 is 3.78. The standard InChI is InChI=1S/C8H14N2O5S/c1-4(11)10-6(7(12)13)2-15-8(14)5(9)3-16/h5-6,16H,2-3,9H2,1H3,(H,10,11)(H,12,13)/t5-,6-/m0/s1. The first-order valence-corrected chi connectivity index (χ1v) is 5.04. The number of aliphatic carboxylic acids is 1. The molecule has 0 heterocycles. The number of hydrogen-bond donors (Lipinski definition) is 4. The van der Waals surface area contributed by atoms with Crippen molar-refractivity contribution in [3.8, 4) is 0 Å². The minimum Gasteiger partial charge on any atom is -0.480 e. The number of esters is 1. The Bertz CT molecular complexity index is 284. The van der Waals surface area contributed by atoms with Gasteiger partial charge in [0.1, 0.15) is 12.6 Å². The second-order valence-electron chi connectivity index (χ2n) is 3.01. The van der Waals surface area contributed by atoms with Gasteiger partial charge in [0.15, 0.2) is 6.04 Å². The molecule has 0 bridgehead atoms. The summed E-state index contributed by atoms with van der Waals surface area (Å²) in [6.07, 6.45) is 0. The number of hydrogen-bond acceptors (Lipinski definition) is 6. The number of carboxylic acid groups (broad SMARTS) is 1. The van der Waals surface area contributed by atoms with Gasteiger partial charge in [-0.3, -0.25) is 9.59 Å². The van der Waals surface area contributed by atoms with E-state index < -0.39 is 36.5 Å². The molecule has 0 spiro atoms. The number of nitrogens with one attached hydrogen (secondary N) is 1. The van der Waals surface area contributed by atoms with Crippen molar-refractivity contribution in [2.75, 3.05) is 12.4 Å². The maximum absolute atomic E-state index is 11.1. The maximum atomic E-state index is 11.1. The lowest BCUT2D eigenvalue weighted by Gasteiger charge is -2.15. The highest BCUT2D eigenvalue weighted by molar-refractivity contribution is 7.80. The first-order valence-electron chi connectivity index (χ1n) is 4.41. The fourth-order valence-electron chi connectivity index (χ4n) is 0.767. The zero-order valence-corrected chi connectivity index (χ0v) is 9.57. The lowest BCUT2D eigenvalue weighted by molar-refractivity contribution is -0.150. The molecule has 0 unspecified atom stereocenters. The molecule has 2 atom stereocenters. The van der Waals surface area contributed by atoms with Gasteiger partial charge >= 0.3 is 11.9 Å². The van der Waals surface area contributed by atoms with E-state index in [0.717, 1.165) is 6.92 Å². The smallest absolute Gasteiger partial charge is 0.329 e. The number of rotatable bonds is 6. The Morgan fingerprint density at radius 3 is 2.44 bits per heavy atom. The Morgan fingerprint density at radius 1 is 1.50 bits per heavy atom. The van der Waals surface area contributed by atoms with Crippen LogP contribution in [0.2, 0.25) is 0 Å². The van der Waals surface area contributed by atoms with E-state index in [1.54, 1.807) is 0 Å². The highest BCUT2D eigenvalue weighted by Crippen LogP contribution is 1.92. The van der Waals surface area contributed by atoms with Gasteiger partial charge in [-0.1, -0.05) is 0 Å². The summed E-state index contributed by atoms with van der Waals surface area (Å²) in [4.78, 5) is 32.4. The minimum atomic E-state index is -1.29. The molecule has 0 saturated carbocycles. The molecule has 0 aromatic rings. The largest absolute Gasteiger partial charge is 0.480 e. The molecule has 0 fully saturated rings. The van der Waals surface area contributed by atoms with Gasteiger partial charge in [-0.25, -0.2) is 4.79 Å². The average Bonchev–Trinajstić information content (AvgIpc) is 2.21. The Labute approximate surface area is 97.7 Å². The van der Waals surface area contributed by atoms with Crippen molar-refractivity contribution in [2.45, 2.75) is 19.0 Å². The highest BCUT2D eigenvalue weighted by Gasteiger charge is 2.22. The third-order valence-corrected chi connectivity index (χ3v) is 1.96. The molecular formula is C8H14N2O5S. The molecule has 16 heavy (non-hydrogen) atoms. The van der Waals surface area contributed by atoms with Crippen LogP contribution in [0.15, 0.2) is 0 Å². The Kier molecular flexibility index (Phi) is 6.50. The fraction of sp³-hybridized carbons (Fsp3) is 0.625. The van der Waals surface area contributed by atoms with Gasteiger partial charge in [0.25, 0.3) is 0 Å². The van der Waals surface area contributed by atoms with Gasteiger partial charge in [0.2, 0.25) is 5.91 Å². The molecule has 0 aromatic carbocycles. The molecule has 4 N–H and O–H groups in total. The van der Waals surface area contributed by atoms with E-state index in [9.17, 15) is 14.4 Å². The number of ether oxygens (including phenoxy) is 1. The summed E-state index contributed by atoms with van der Waals surface area (Å²) < 4.78 is 4.61. The Morgan fingerprint density at radius 2 is 2.06 bits per heavy atom. The Hall–Kier alpha value is -1.28. The van der Waals surface area contributed by atoms with Crippen LogP contribution in [0.4, 0.5) is 0 Å². The Balaban J connectivity index is 4.17. The van der Waals surface area contributed by atoms with E-state index in [1.165, 1.54) is 0 Å². The summed E-state index contributed by atoms with van der Waals surface area (Å²) in [5.74, 6) is -2.48. The monoisotopic (exact) mass is 250 g/mol. The number of nitrogens with two attached hydrogens (primary N) is 1. The zero-order valence-electron chi connectivity index (χ0n) is 8.67. The van der Waals surface area contributed by atoms with Crippen LogP contribution in [0.5, 0.6) is 0 Å². The van der Waals surface area contributed by atoms with Crippen molar-refractivity contribution in [1.29, 1.82) is 0 Å². The third kappa shape index (κ3) is 5.56. The average molecular weight is 250 g/mol. The van der Waals surface area contributed by atoms with Gasteiger partial charge in [-0.2, -0.15) is 12.6 Å². The van der Waals surface area contributed by atoms with Crippen LogP contribution in [-0.4, -0.2) is 47.4 Å². The van der Waals surface area contributed by atoms with Crippen molar-refractivity contribution in [2.24, 2.45) is 5.73 Å². The van der Waals surface area contributed by atoms with Gasteiger partial charge in [0.05, 0.1) is 0 Å². The predicted molar refractivity (Wildman–Crippen MR) is 58.0 cm³/mol. The van der Waals surface area contributed by atoms with E-state index in [4.69, 9.17) is 10.8 Å². The molecule has 0 aliphatic carbocycles. The minimum absolute atomic E-state index is 0.0940. The molecule has 0 aliphatic heterocycles. The van der Waals surface area contributed by atoms with Crippen LogP contribution in [0.3, 0.4) is 0 Å². The van der Waals surface area contributed by atoms with Crippen molar-refractivity contribution in [3.63, 3.8) is 0 Å².